The SMILES string of the molecule is O=C1[C@@H]2C([C@@H]3C[C@H]2[C@H]2[C@H](c4ccccc4)c4sc(=O)[nH]c4S[C@H]23)[N+]1([O-])c1ccccc1. The van der Waals surface area contributed by atoms with Crippen molar-refractivity contribution in [2.24, 2.45) is 23.7 Å². The maximum absolute atomic E-state index is 13.9. The number of nitrogens with zero attached hydrogens (tertiary/aromatic N) is 1. The molecular formula is C24H20N2O3S2. The summed E-state index contributed by atoms with van der Waals surface area (Å²) in [4.78, 5) is 29.7. The molecule has 156 valence electrons. The number of benzene rings is 2. The highest BCUT2D eigenvalue weighted by molar-refractivity contribution is 8.00. The number of thioether (sulfide) groups is 1. The summed E-state index contributed by atoms with van der Waals surface area (Å²) in [5.74, 6) is 0.453. The van der Waals surface area contributed by atoms with Crippen LogP contribution in [0.15, 0.2) is 70.5 Å². The zero-order valence-electron chi connectivity index (χ0n) is 16.5. The van der Waals surface area contributed by atoms with Crippen molar-refractivity contribution in [2.75, 3.05) is 0 Å². The molecule has 31 heavy (non-hydrogen) atoms. The van der Waals surface area contributed by atoms with Crippen LogP contribution in [0.4, 0.5) is 5.69 Å². The predicted octanol–water partition coefficient (Wildman–Crippen LogP) is 4.34. The number of nitrogens with one attached hydrogen (secondary N) is 1. The number of rotatable bonds is 2. The van der Waals surface area contributed by atoms with Crippen molar-refractivity contribution in [3.63, 3.8) is 0 Å². The average Bonchev–Trinajstić information content (AvgIpc) is 3.47. The van der Waals surface area contributed by atoms with Gasteiger partial charge in [0.05, 0.1) is 5.03 Å². The highest BCUT2D eigenvalue weighted by atomic mass is 32.2. The van der Waals surface area contributed by atoms with Gasteiger partial charge in [-0.1, -0.05) is 59.9 Å². The second-order valence-electron chi connectivity index (χ2n) is 9.17. The minimum atomic E-state index is -0.806. The van der Waals surface area contributed by atoms with Crippen LogP contribution in [0, 0.1) is 28.9 Å². The number of fused-ring (bicyclic) bond motifs is 9. The fraction of sp³-hybridized carbons (Fsp3) is 0.333. The van der Waals surface area contributed by atoms with Crippen molar-refractivity contribution < 1.29 is 4.79 Å². The summed E-state index contributed by atoms with van der Waals surface area (Å²) >= 11 is 3.05. The largest absolute Gasteiger partial charge is 0.619 e. The number of amides is 1. The van der Waals surface area contributed by atoms with E-state index in [9.17, 15) is 14.8 Å². The van der Waals surface area contributed by atoms with Crippen LogP contribution in [0.2, 0.25) is 0 Å². The Morgan fingerprint density at radius 1 is 0.968 bits per heavy atom. The van der Waals surface area contributed by atoms with Crippen molar-refractivity contribution in [1.29, 1.82) is 0 Å². The molecule has 2 saturated carbocycles. The number of carbonyl (C=O) groups excluding carboxylic acids is 1. The Morgan fingerprint density at radius 2 is 1.68 bits per heavy atom. The number of carbonyl (C=O) groups is 1. The third-order valence-electron chi connectivity index (χ3n) is 8.00. The number of aromatic amines is 1. The number of H-pyrrole nitrogens is 1. The van der Waals surface area contributed by atoms with Crippen molar-refractivity contribution in [1.82, 2.24) is 9.63 Å². The Balaban J connectivity index is 1.35. The summed E-state index contributed by atoms with van der Waals surface area (Å²) in [5, 5.41) is 15.1. The van der Waals surface area contributed by atoms with E-state index in [4.69, 9.17) is 0 Å². The summed E-state index contributed by atoms with van der Waals surface area (Å²) < 4.78 is -0.806. The molecule has 2 unspecified atom stereocenters. The van der Waals surface area contributed by atoms with Gasteiger partial charge >= 0.3 is 10.8 Å². The quantitative estimate of drug-likeness (QED) is 0.360. The second kappa shape index (κ2) is 6.19. The summed E-state index contributed by atoms with van der Waals surface area (Å²) in [6, 6.07) is 19.3. The number of hydrogen-bond acceptors (Lipinski definition) is 5. The lowest BCUT2D eigenvalue weighted by Gasteiger charge is -2.61. The summed E-state index contributed by atoms with van der Waals surface area (Å²) in [5.41, 5.74) is 1.76. The molecule has 3 aromatic rings. The Bertz CT molecular complexity index is 1260. The van der Waals surface area contributed by atoms with Gasteiger partial charge in [-0.15, -0.1) is 11.8 Å². The number of quaternary nitrogens is 1. The van der Waals surface area contributed by atoms with Gasteiger partial charge in [-0.3, -0.25) is 9.44 Å². The van der Waals surface area contributed by atoms with E-state index in [1.807, 2.05) is 36.4 Å². The van der Waals surface area contributed by atoms with Crippen LogP contribution >= 0.6 is 23.1 Å². The number of β-lactam (4-membered cyclic amide) rings is 1. The van der Waals surface area contributed by atoms with Gasteiger partial charge in [0.25, 0.3) is 0 Å². The molecular weight excluding hydrogens is 428 g/mol. The third-order valence-corrected chi connectivity index (χ3v) is 10.6. The molecule has 5 nitrogen and oxygen atoms in total. The van der Waals surface area contributed by atoms with Crippen LogP contribution in [-0.4, -0.2) is 22.2 Å². The first-order valence-electron chi connectivity index (χ1n) is 10.7. The molecule has 0 spiro atoms. The van der Waals surface area contributed by atoms with Gasteiger partial charge in [0.1, 0.15) is 17.6 Å². The van der Waals surface area contributed by atoms with E-state index in [2.05, 4.69) is 17.1 Å². The van der Waals surface area contributed by atoms with Crippen LogP contribution in [0.5, 0.6) is 0 Å². The fourth-order valence-corrected chi connectivity index (χ4v) is 9.88. The minimum Gasteiger partial charge on any atom is -0.619 e. The Morgan fingerprint density at radius 3 is 2.42 bits per heavy atom. The molecule has 2 aliphatic carbocycles. The van der Waals surface area contributed by atoms with E-state index >= 15 is 0 Å². The predicted molar refractivity (Wildman–Crippen MR) is 122 cm³/mol. The topological polar surface area (TPSA) is 73.0 Å². The van der Waals surface area contributed by atoms with E-state index in [0.29, 0.717) is 5.69 Å². The average molecular weight is 449 g/mol. The monoisotopic (exact) mass is 448 g/mol. The number of para-hydroxylation sites is 1. The van der Waals surface area contributed by atoms with Crippen molar-refractivity contribution in [3.8, 4) is 0 Å². The third kappa shape index (κ3) is 2.20. The van der Waals surface area contributed by atoms with Gasteiger partial charge in [0, 0.05) is 22.0 Å². The number of hydrogen-bond donors (Lipinski definition) is 1. The van der Waals surface area contributed by atoms with Gasteiger partial charge < -0.3 is 10.2 Å². The van der Waals surface area contributed by atoms with Crippen LogP contribution in [0.25, 0.3) is 0 Å². The molecule has 7 rings (SSSR count). The van der Waals surface area contributed by atoms with Gasteiger partial charge in [0.2, 0.25) is 0 Å². The van der Waals surface area contributed by atoms with Crippen LogP contribution in [-0.2, 0) is 4.79 Å². The van der Waals surface area contributed by atoms with Gasteiger partial charge in [-0.25, -0.2) is 4.79 Å². The molecule has 0 radical (unpaired) electrons. The first-order chi connectivity index (χ1) is 15.1. The molecule has 8 atom stereocenters. The van der Waals surface area contributed by atoms with Crippen molar-refractivity contribution in [3.05, 3.63) is 86.0 Å². The lowest BCUT2D eigenvalue weighted by Crippen LogP contribution is -2.77. The van der Waals surface area contributed by atoms with Crippen molar-refractivity contribution >= 4 is 34.7 Å². The summed E-state index contributed by atoms with van der Waals surface area (Å²) in [6.07, 6.45) is 0.932. The minimum absolute atomic E-state index is 0.0250. The smallest absolute Gasteiger partial charge is 0.328 e. The molecule has 3 fully saturated rings. The van der Waals surface area contributed by atoms with Gasteiger partial charge in [0.15, 0.2) is 0 Å². The molecule has 3 heterocycles. The number of aromatic nitrogens is 1. The summed E-state index contributed by atoms with van der Waals surface area (Å²) in [7, 11) is 0. The lowest BCUT2D eigenvalue weighted by molar-refractivity contribution is -0.155. The zero-order valence-corrected chi connectivity index (χ0v) is 18.1. The Hall–Kier alpha value is -2.19. The maximum atomic E-state index is 13.9. The molecule has 2 aliphatic heterocycles. The lowest BCUT2D eigenvalue weighted by atomic mass is 9.65. The normalized spacial score (nSPS) is 39.5. The molecule has 4 aliphatic rings. The van der Waals surface area contributed by atoms with Gasteiger partial charge in [-0.2, -0.15) is 0 Å². The molecule has 2 aromatic carbocycles. The Labute approximate surface area is 187 Å². The van der Waals surface area contributed by atoms with E-state index in [-0.39, 0.29) is 51.7 Å². The summed E-state index contributed by atoms with van der Waals surface area (Å²) in [6.45, 7) is 0. The first kappa shape index (κ1) is 18.4. The van der Waals surface area contributed by atoms with E-state index in [1.54, 1.807) is 23.9 Å². The highest BCUT2D eigenvalue weighted by Gasteiger charge is 2.77. The molecule has 2 bridgehead atoms. The maximum Gasteiger partial charge on any atom is 0.328 e. The van der Waals surface area contributed by atoms with Crippen LogP contribution in [0.1, 0.15) is 22.8 Å². The van der Waals surface area contributed by atoms with E-state index < -0.39 is 4.65 Å². The van der Waals surface area contributed by atoms with E-state index in [0.717, 1.165) is 16.3 Å². The molecule has 1 N–H and O–H groups in total. The molecule has 1 aromatic heterocycles. The first-order valence-corrected chi connectivity index (χ1v) is 12.4. The number of thiazole rings is 1. The number of hydroxylamine groups is 2. The Kier molecular flexibility index (Phi) is 3.67. The van der Waals surface area contributed by atoms with Gasteiger partial charge in [-0.05, 0) is 36.0 Å². The fourth-order valence-electron chi connectivity index (χ4n) is 7.00. The zero-order chi connectivity index (χ0) is 20.9. The second-order valence-corrected chi connectivity index (χ2v) is 11.4. The standard InChI is InChI=1S/C24H20N2O3S2/c27-23-18-14-11-15(19(18)26(23,29)13-9-5-2-6-10-13)20-17(14)16(12-7-3-1-4-8-12)21-22(30-20)25-24(28)31-21/h1-10,14-20H,11H2,(H,25,28)/t14-,15-,16-,17-,18-,19?,20-,26?/m0/s1. The van der Waals surface area contributed by atoms with Crippen molar-refractivity contribution in [2.45, 2.75) is 28.7 Å². The van der Waals surface area contributed by atoms with E-state index in [1.165, 1.54) is 16.9 Å². The molecule has 1 saturated heterocycles. The highest BCUT2D eigenvalue weighted by Crippen LogP contribution is 2.70. The molecule has 1 amide bonds. The van der Waals surface area contributed by atoms with Crippen LogP contribution in [0.3, 0.4) is 0 Å². The molecule has 7 heteroatoms. The van der Waals surface area contributed by atoms with Crippen LogP contribution < -0.4 is 9.52 Å².